The van der Waals surface area contributed by atoms with Crippen LogP contribution in [-0.4, -0.2) is 41.0 Å². The molecule has 0 saturated carbocycles. The van der Waals surface area contributed by atoms with Gasteiger partial charge in [0.05, 0.1) is 0 Å². The van der Waals surface area contributed by atoms with Crippen LogP contribution in [0.25, 0.3) is 10.9 Å². The van der Waals surface area contributed by atoms with Crippen LogP contribution >= 0.6 is 0 Å². The van der Waals surface area contributed by atoms with Gasteiger partial charge in [0, 0.05) is 47.8 Å². The van der Waals surface area contributed by atoms with Crippen LogP contribution in [0.3, 0.4) is 0 Å². The van der Waals surface area contributed by atoms with Crippen LogP contribution < -0.4 is 5.32 Å². The molecule has 0 spiro atoms. The molecule has 1 aromatic carbocycles. The zero-order valence-corrected chi connectivity index (χ0v) is 11.3. The number of carbonyl (C=O) groups excluding carboxylic acids is 1. The quantitative estimate of drug-likeness (QED) is 0.821. The molecule has 1 aromatic heterocycles. The van der Waals surface area contributed by atoms with Gasteiger partial charge < -0.3 is 15.2 Å². The van der Waals surface area contributed by atoms with E-state index < -0.39 is 0 Å². The number of H-pyrrole nitrogens is 1. The highest BCUT2D eigenvalue weighted by Gasteiger charge is 2.25. The van der Waals surface area contributed by atoms with E-state index in [9.17, 15) is 4.79 Å². The van der Waals surface area contributed by atoms with Gasteiger partial charge in [0.2, 0.25) is 0 Å². The number of rotatable bonds is 1. The second kappa shape index (κ2) is 4.70. The molecule has 100 valence electrons. The Bertz CT molecular complexity index is 594. The van der Waals surface area contributed by atoms with E-state index in [1.165, 1.54) is 0 Å². The van der Waals surface area contributed by atoms with Crippen molar-refractivity contribution >= 4 is 16.8 Å². The largest absolute Gasteiger partial charge is 0.361 e. The van der Waals surface area contributed by atoms with Gasteiger partial charge >= 0.3 is 0 Å². The first kappa shape index (κ1) is 12.2. The molecular formula is C15H19N3O. The summed E-state index contributed by atoms with van der Waals surface area (Å²) < 4.78 is 0. The molecule has 4 nitrogen and oxygen atoms in total. The summed E-state index contributed by atoms with van der Waals surface area (Å²) in [6, 6.07) is 8.53. The maximum atomic E-state index is 12.5. The fourth-order valence-corrected chi connectivity index (χ4v) is 2.86. The first-order chi connectivity index (χ1) is 9.13. The number of benzene rings is 1. The van der Waals surface area contributed by atoms with Crippen molar-refractivity contribution in [1.82, 2.24) is 15.2 Å². The first-order valence-electron chi connectivity index (χ1n) is 6.76. The summed E-state index contributed by atoms with van der Waals surface area (Å²) in [5.41, 5.74) is 1.84. The maximum absolute atomic E-state index is 12.5. The molecule has 2 aromatic rings. The van der Waals surface area contributed by atoms with E-state index in [0.717, 1.165) is 29.6 Å². The topological polar surface area (TPSA) is 48.1 Å². The second-order valence-electron chi connectivity index (χ2n) is 5.46. The van der Waals surface area contributed by atoms with Gasteiger partial charge in [-0.2, -0.15) is 0 Å². The smallest absolute Gasteiger partial charge is 0.253 e. The van der Waals surface area contributed by atoms with Crippen molar-refractivity contribution in [3.63, 3.8) is 0 Å². The third-order valence-electron chi connectivity index (χ3n) is 3.64. The lowest BCUT2D eigenvalue weighted by atomic mass is 10.1. The van der Waals surface area contributed by atoms with Gasteiger partial charge in [-0.3, -0.25) is 4.79 Å². The molecule has 1 amide bonds. The van der Waals surface area contributed by atoms with E-state index in [1.807, 2.05) is 35.4 Å². The Kier molecular flexibility index (Phi) is 3.03. The molecule has 4 heteroatoms. The lowest BCUT2D eigenvalue weighted by Crippen LogP contribution is -2.55. The van der Waals surface area contributed by atoms with Crippen LogP contribution in [0.2, 0.25) is 0 Å². The van der Waals surface area contributed by atoms with Gasteiger partial charge in [-0.15, -0.1) is 0 Å². The highest BCUT2D eigenvalue weighted by atomic mass is 16.2. The minimum absolute atomic E-state index is 0.128. The second-order valence-corrected chi connectivity index (χ2v) is 5.46. The van der Waals surface area contributed by atoms with E-state index in [0.29, 0.717) is 12.1 Å². The highest BCUT2D eigenvalue weighted by Crippen LogP contribution is 2.17. The van der Waals surface area contributed by atoms with Crippen LogP contribution in [0.5, 0.6) is 0 Å². The Hall–Kier alpha value is -1.81. The number of aromatic nitrogens is 1. The average molecular weight is 257 g/mol. The lowest BCUT2D eigenvalue weighted by Gasteiger charge is -2.36. The van der Waals surface area contributed by atoms with Crippen molar-refractivity contribution in [3.8, 4) is 0 Å². The molecule has 2 unspecified atom stereocenters. The molecule has 1 fully saturated rings. The van der Waals surface area contributed by atoms with Gasteiger partial charge in [0.15, 0.2) is 0 Å². The number of nitrogens with zero attached hydrogens (tertiary/aromatic N) is 1. The number of carbonyl (C=O) groups is 1. The first-order valence-corrected chi connectivity index (χ1v) is 6.76. The summed E-state index contributed by atoms with van der Waals surface area (Å²) in [6.07, 6.45) is 1.90. The highest BCUT2D eigenvalue weighted by molar-refractivity contribution is 5.98. The Balaban J connectivity index is 1.86. The number of fused-ring (bicyclic) bond motifs is 1. The molecule has 1 saturated heterocycles. The maximum Gasteiger partial charge on any atom is 0.253 e. The number of piperazine rings is 1. The summed E-state index contributed by atoms with van der Waals surface area (Å²) in [7, 11) is 0. The number of hydrogen-bond acceptors (Lipinski definition) is 2. The third-order valence-corrected chi connectivity index (χ3v) is 3.64. The van der Waals surface area contributed by atoms with Crippen molar-refractivity contribution in [2.45, 2.75) is 25.9 Å². The van der Waals surface area contributed by atoms with Crippen molar-refractivity contribution in [1.29, 1.82) is 0 Å². The van der Waals surface area contributed by atoms with Gasteiger partial charge in [0.1, 0.15) is 0 Å². The molecule has 0 radical (unpaired) electrons. The normalized spacial score (nSPS) is 23.8. The molecule has 2 heterocycles. The van der Waals surface area contributed by atoms with Crippen molar-refractivity contribution in [2.24, 2.45) is 0 Å². The van der Waals surface area contributed by atoms with E-state index in [2.05, 4.69) is 24.1 Å². The zero-order valence-electron chi connectivity index (χ0n) is 11.3. The summed E-state index contributed by atoms with van der Waals surface area (Å²) >= 11 is 0. The van der Waals surface area contributed by atoms with Crippen molar-refractivity contribution in [2.75, 3.05) is 13.1 Å². The molecule has 19 heavy (non-hydrogen) atoms. The van der Waals surface area contributed by atoms with Crippen LogP contribution in [0.15, 0.2) is 30.5 Å². The van der Waals surface area contributed by atoms with E-state index in [1.54, 1.807) is 0 Å². The summed E-state index contributed by atoms with van der Waals surface area (Å²) in [6.45, 7) is 5.78. The summed E-state index contributed by atoms with van der Waals surface area (Å²) in [5.74, 6) is 0.128. The lowest BCUT2D eigenvalue weighted by molar-refractivity contribution is 0.0674. The van der Waals surface area contributed by atoms with E-state index in [4.69, 9.17) is 0 Å². The molecular weight excluding hydrogens is 238 g/mol. The Morgan fingerprint density at radius 2 is 1.95 bits per heavy atom. The Morgan fingerprint density at radius 3 is 2.68 bits per heavy atom. The summed E-state index contributed by atoms with van der Waals surface area (Å²) in [4.78, 5) is 17.6. The molecule has 0 bridgehead atoms. The fourth-order valence-electron chi connectivity index (χ4n) is 2.86. The predicted octanol–water partition coefficient (Wildman–Crippen LogP) is 1.99. The molecule has 2 N–H and O–H groups in total. The van der Waals surface area contributed by atoms with Crippen LogP contribution in [0.4, 0.5) is 0 Å². The number of aromatic amines is 1. The van der Waals surface area contributed by atoms with Gasteiger partial charge in [-0.25, -0.2) is 0 Å². The standard InChI is InChI=1S/C15H19N3O/c1-10-8-18(9-11(2)17-10)15(19)13-3-4-14-12(7-13)5-6-16-14/h3-7,10-11,16-17H,8-9H2,1-2H3. The zero-order chi connectivity index (χ0) is 13.4. The van der Waals surface area contributed by atoms with Crippen LogP contribution in [0.1, 0.15) is 24.2 Å². The number of amides is 1. The van der Waals surface area contributed by atoms with Crippen LogP contribution in [-0.2, 0) is 0 Å². The molecule has 1 aliphatic rings. The monoisotopic (exact) mass is 257 g/mol. The average Bonchev–Trinajstić information content (AvgIpc) is 2.83. The number of hydrogen-bond donors (Lipinski definition) is 2. The predicted molar refractivity (Wildman–Crippen MR) is 76.3 cm³/mol. The minimum atomic E-state index is 0.128. The fraction of sp³-hybridized carbons (Fsp3) is 0.400. The van der Waals surface area contributed by atoms with Crippen molar-refractivity contribution < 1.29 is 4.79 Å². The van der Waals surface area contributed by atoms with E-state index in [-0.39, 0.29) is 5.91 Å². The third kappa shape index (κ3) is 2.36. The van der Waals surface area contributed by atoms with Crippen molar-refractivity contribution in [3.05, 3.63) is 36.0 Å². The Morgan fingerprint density at radius 1 is 1.21 bits per heavy atom. The summed E-state index contributed by atoms with van der Waals surface area (Å²) in [5, 5.41) is 4.53. The number of nitrogens with one attached hydrogen (secondary N) is 2. The molecule has 3 rings (SSSR count). The van der Waals surface area contributed by atoms with Crippen LogP contribution in [0, 0.1) is 0 Å². The molecule has 0 aliphatic carbocycles. The van der Waals surface area contributed by atoms with Gasteiger partial charge in [-0.1, -0.05) is 0 Å². The SMILES string of the molecule is CC1CN(C(=O)c2ccc3[nH]ccc3c2)CC(C)N1. The van der Waals surface area contributed by atoms with Gasteiger partial charge in [-0.05, 0) is 38.1 Å². The molecule has 2 atom stereocenters. The Labute approximate surface area is 112 Å². The van der Waals surface area contributed by atoms with Gasteiger partial charge in [0.25, 0.3) is 5.91 Å². The van der Waals surface area contributed by atoms with E-state index >= 15 is 0 Å². The molecule has 1 aliphatic heterocycles. The minimum Gasteiger partial charge on any atom is -0.361 e.